The molecule has 3 heterocycles. The van der Waals surface area contributed by atoms with E-state index in [1.807, 2.05) is 63.2 Å². The Kier molecular flexibility index (Phi) is 9.97. The fraction of sp³-hybridized carbons (Fsp3) is 0.514. The van der Waals surface area contributed by atoms with Crippen LogP contribution in [0.4, 0.5) is 5.69 Å². The average Bonchev–Trinajstić information content (AvgIpc) is 3.62. The standard InChI is InChI=1S/C35H44BrN3O4S/c1-6-16-37(17-7-2)32(41)28-29-33(42)39(27(21-40)22(5)9-4)31(35(29)20-26(36)30(28)44-35)34(43)38(18-8-3)25-15-14-23-12-10-11-13-24(23)19-25/h6,8,10-15,19,22,26-31,40H,1,3,7,9,16-18,20-21H2,2,4-5H3/t22-,26?,27-,28+,29-,30+,31?,35?/m0/s1. The number of hydrogen-bond donors (Lipinski definition) is 1. The molecule has 44 heavy (non-hydrogen) atoms. The Balaban J connectivity index is 1.64. The summed E-state index contributed by atoms with van der Waals surface area (Å²) in [4.78, 5) is 49.3. The predicted octanol–water partition coefficient (Wildman–Crippen LogP) is 5.66. The minimum Gasteiger partial charge on any atom is -0.394 e. The second-order valence-corrected chi connectivity index (χ2v) is 15.1. The smallest absolute Gasteiger partial charge is 0.251 e. The van der Waals surface area contributed by atoms with Crippen molar-refractivity contribution in [1.29, 1.82) is 0 Å². The molecule has 2 aromatic rings. The van der Waals surface area contributed by atoms with Gasteiger partial charge in [0.15, 0.2) is 0 Å². The largest absolute Gasteiger partial charge is 0.394 e. The number of fused-ring (bicyclic) bond motifs is 2. The molecule has 3 unspecified atom stereocenters. The number of rotatable bonds is 13. The molecule has 0 radical (unpaired) electrons. The van der Waals surface area contributed by atoms with Gasteiger partial charge in [-0.15, -0.1) is 24.9 Å². The molecule has 3 saturated heterocycles. The molecular weight excluding hydrogens is 638 g/mol. The van der Waals surface area contributed by atoms with Crippen LogP contribution in [0.2, 0.25) is 0 Å². The summed E-state index contributed by atoms with van der Waals surface area (Å²) in [6.45, 7) is 14.9. The van der Waals surface area contributed by atoms with Crippen molar-refractivity contribution in [1.82, 2.24) is 9.80 Å². The number of anilines is 1. The lowest BCUT2D eigenvalue weighted by Gasteiger charge is -2.41. The van der Waals surface area contributed by atoms with Gasteiger partial charge in [0.25, 0.3) is 5.91 Å². The molecule has 8 atom stereocenters. The number of carbonyl (C=O) groups excluding carboxylic acids is 3. The van der Waals surface area contributed by atoms with Crippen LogP contribution in [0.25, 0.3) is 10.8 Å². The van der Waals surface area contributed by atoms with E-state index in [0.717, 1.165) is 29.3 Å². The van der Waals surface area contributed by atoms with Crippen LogP contribution < -0.4 is 4.90 Å². The molecule has 9 heteroatoms. The van der Waals surface area contributed by atoms with Crippen LogP contribution in [-0.2, 0) is 14.4 Å². The number of aliphatic hydroxyl groups is 1. The zero-order valence-corrected chi connectivity index (χ0v) is 28.3. The van der Waals surface area contributed by atoms with E-state index in [4.69, 9.17) is 0 Å². The van der Waals surface area contributed by atoms with Crippen LogP contribution in [-0.4, -0.2) is 85.8 Å². The second-order valence-electron chi connectivity index (χ2n) is 12.4. The van der Waals surface area contributed by atoms with Gasteiger partial charge in [-0.2, -0.15) is 0 Å². The van der Waals surface area contributed by atoms with Gasteiger partial charge in [0.1, 0.15) is 6.04 Å². The minimum absolute atomic E-state index is 0.0299. The van der Waals surface area contributed by atoms with Gasteiger partial charge in [0.05, 0.1) is 29.2 Å². The van der Waals surface area contributed by atoms with E-state index in [2.05, 4.69) is 29.1 Å². The Labute approximate surface area is 273 Å². The average molecular weight is 683 g/mol. The molecule has 2 aromatic carbocycles. The molecule has 5 rings (SSSR count). The first-order valence-corrected chi connectivity index (χ1v) is 17.5. The van der Waals surface area contributed by atoms with Crippen molar-refractivity contribution in [3.05, 3.63) is 67.8 Å². The molecule has 1 spiro atoms. The Morgan fingerprint density at radius 2 is 1.84 bits per heavy atom. The third-order valence-electron chi connectivity index (χ3n) is 9.87. The number of benzene rings is 2. The Hall–Kier alpha value is -2.62. The summed E-state index contributed by atoms with van der Waals surface area (Å²) in [5, 5.41) is 12.7. The maximum atomic E-state index is 15.1. The molecule has 0 aromatic heterocycles. The normalized spacial score (nSPS) is 28.5. The number of thioether (sulfide) groups is 1. The van der Waals surface area contributed by atoms with Crippen LogP contribution >= 0.6 is 27.7 Å². The first-order chi connectivity index (χ1) is 21.2. The Morgan fingerprint density at radius 3 is 2.48 bits per heavy atom. The van der Waals surface area contributed by atoms with Crippen LogP contribution in [0.5, 0.6) is 0 Å². The van der Waals surface area contributed by atoms with Gasteiger partial charge in [-0.1, -0.05) is 85.6 Å². The topological polar surface area (TPSA) is 81.2 Å². The van der Waals surface area contributed by atoms with Crippen molar-refractivity contribution < 1.29 is 19.5 Å². The van der Waals surface area contributed by atoms with Crippen molar-refractivity contribution >= 4 is 61.9 Å². The summed E-state index contributed by atoms with van der Waals surface area (Å²) < 4.78 is -0.809. The van der Waals surface area contributed by atoms with Crippen LogP contribution in [0.1, 0.15) is 40.0 Å². The summed E-state index contributed by atoms with van der Waals surface area (Å²) >= 11 is 5.52. The highest BCUT2D eigenvalue weighted by atomic mass is 79.9. The third-order valence-corrected chi connectivity index (χ3v) is 13.1. The third kappa shape index (κ3) is 5.32. The highest BCUT2D eigenvalue weighted by molar-refractivity contribution is 9.09. The van der Waals surface area contributed by atoms with E-state index in [1.165, 1.54) is 0 Å². The Morgan fingerprint density at radius 1 is 1.14 bits per heavy atom. The molecule has 3 aliphatic rings. The summed E-state index contributed by atoms with van der Waals surface area (Å²) in [7, 11) is 0. The number of alkyl halides is 1. The summed E-state index contributed by atoms with van der Waals surface area (Å²) in [5.41, 5.74) is 0.727. The molecule has 0 saturated carbocycles. The maximum Gasteiger partial charge on any atom is 0.251 e. The number of likely N-dealkylation sites (tertiary alicyclic amines) is 1. The van der Waals surface area contributed by atoms with Crippen molar-refractivity contribution in [2.45, 2.75) is 66.9 Å². The van der Waals surface area contributed by atoms with Gasteiger partial charge < -0.3 is 19.8 Å². The van der Waals surface area contributed by atoms with Crippen LogP contribution in [0.15, 0.2) is 67.8 Å². The monoisotopic (exact) mass is 681 g/mol. The van der Waals surface area contributed by atoms with Crippen molar-refractivity contribution in [2.75, 3.05) is 31.1 Å². The number of nitrogens with zero attached hydrogens (tertiary/aromatic N) is 3. The van der Waals surface area contributed by atoms with Gasteiger partial charge in [-0.25, -0.2) is 0 Å². The summed E-state index contributed by atoms with van der Waals surface area (Å²) in [6, 6.07) is 12.6. The van der Waals surface area contributed by atoms with E-state index in [-0.39, 0.29) is 46.9 Å². The van der Waals surface area contributed by atoms with E-state index >= 15 is 4.79 Å². The van der Waals surface area contributed by atoms with Gasteiger partial charge in [0.2, 0.25) is 11.8 Å². The SMILES string of the molecule is C=CCN(CCC)C(=O)[C@H]1[C@@H]2SC3(CC2Br)C(C(=O)N(CC=C)c2ccc4ccccc4c2)N([C@@H](CO)[C@@H](C)CC)C(=O)[C@H]13. The first kappa shape index (κ1) is 32.8. The molecule has 236 valence electrons. The minimum atomic E-state index is -0.843. The summed E-state index contributed by atoms with van der Waals surface area (Å²) in [5.74, 6) is -1.71. The lowest BCUT2D eigenvalue weighted by atomic mass is 9.70. The Bertz CT molecular complexity index is 1440. The van der Waals surface area contributed by atoms with Crippen molar-refractivity contribution in [3.63, 3.8) is 0 Å². The number of carbonyl (C=O) groups is 3. The highest BCUT2D eigenvalue weighted by Gasteiger charge is 2.76. The quantitative estimate of drug-likeness (QED) is 0.218. The lowest BCUT2D eigenvalue weighted by molar-refractivity contribution is -0.146. The number of aliphatic hydroxyl groups excluding tert-OH is 1. The van der Waals surface area contributed by atoms with Gasteiger partial charge >= 0.3 is 0 Å². The highest BCUT2D eigenvalue weighted by Crippen LogP contribution is 2.68. The van der Waals surface area contributed by atoms with Crippen molar-refractivity contribution in [2.24, 2.45) is 17.8 Å². The van der Waals surface area contributed by atoms with E-state index < -0.39 is 28.7 Å². The summed E-state index contributed by atoms with van der Waals surface area (Å²) in [6.07, 6.45) is 5.55. The molecule has 7 nitrogen and oxygen atoms in total. The molecule has 2 bridgehead atoms. The fourth-order valence-electron chi connectivity index (χ4n) is 7.67. The molecule has 1 N–H and O–H groups in total. The fourth-order valence-corrected chi connectivity index (χ4v) is 11.3. The molecular formula is C35H44BrN3O4S. The van der Waals surface area contributed by atoms with Crippen molar-refractivity contribution in [3.8, 4) is 0 Å². The van der Waals surface area contributed by atoms with Crippen LogP contribution in [0.3, 0.4) is 0 Å². The zero-order valence-electron chi connectivity index (χ0n) is 25.9. The van der Waals surface area contributed by atoms with E-state index in [9.17, 15) is 14.7 Å². The molecule has 0 aliphatic carbocycles. The van der Waals surface area contributed by atoms with Gasteiger partial charge in [0, 0.05) is 35.4 Å². The van der Waals surface area contributed by atoms with Crippen LogP contribution in [0, 0.1) is 17.8 Å². The van der Waals surface area contributed by atoms with E-state index in [0.29, 0.717) is 19.5 Å². The van der Waals surface area contributed by atoms with Gasteiger partial charge in [-0.05, 0) is 41.7 Å². The number of amides is 3. The lowest BCUT2D eigenvalue weighted by Crippen LogP contribution is -2.59. The first-order valence-electron chi connectivity index (χ1n) is 15.7. The number of hydrogen-bond acceptors (Lipinski definition) is 5. The zero-order chi connectivity index (χ0) is 31.8. The maximum absolute atomic E-state index is 15.1. The van der Waals surface area contributed by atoms with Gasteiger partial charge in [-0.3, -0.25) is 14.4 Å². The molecule has 3 amide bonds. The second kappa shape index (κ2) is 13.4. The predicted molar refractivity (Wildman–Crippen MR) is 183 cm³/mol. The number of halogens is 1. The molecule has 3 aliphatic heterocycles. The molecule has 3 fully saturated rings. The van der Waals surface area contributed by atoms with E-state index in [1.54, 1.807) is 38.6 Å².